The summed E-state index contributed by atoms with van der Waals surface area (Å²) in [6.45, 7) is 4.83. The molecule has 0 radical (unpaired) electrons. The van der Waals surface area contributed by atoms with Gasteiger partial charge in [-0.2, -0.15) is 4.99 Å². The molecule has 2 atom stereocenters. The van der Waals surface area contributed by atoms with Gasteiger partial charge in [0.2, 0.25) is 0 Å². The number of nitrogens with two attached hydrogens (primary N) is 2. The standard InChI is InChI=1S/C13H24FN3O4S/c1-8(15)22(19,20)13(7-14,9-5-6-9)10(16)17-11(18)21-12(2,3)4/h8-9H,5-7,15H2,1-4H3,(H2,16,17,18)/t8?,13-/m0/s1. The van der Waals surface area contributed by atoms with Gasteiger partial charge in [-0.1, -0.05) is 0 Å². The normalized spacial score (nSPS) is 21.1. The number of ether oxygens (including phenoxy) is 1. The van der Waals surface area contributed by atoms with Crippen LogP contribution in [0.3, 0.4) is 0 Å². The van der Waals surface area contributed by atoms with E-state index in [0.717, 1.165) is 0 Å². The van der Waals surface area contributed by atoms with Crippen LogP contribution in [0.4, 0.5) is 9.18 Å². The van der Waals surface area contributed by atoms with Crippen molar-refractivity contribution in [2.24, 2.45) is 22.4 Å². The van der Waals surface area contributed by atoms with Gasteiger partial charge in [-0.05, 0) is 46.5 Å². The Morgan fingerprint density at radius 3 is 2.23 bits per heavy atom. The fourth-order valence-electron chi connectivity index (χ4n) is 2.20. The van der Waals surface area contributed by atoms with E-state index in [-0.39, 0.29) is 0 Å². The number of amides is 1. The molecule has 0 heterocycles. The molecule has 4 N–H and O–H groups in total. The SMILES string of the molecule is CC(N)S(=O)(=O)[C@](CF)(/C(N)=N/C(=O)OC(C)(C)C)C1CC1. The molecule has 0 aromatic carbocycles. The van der Waals surface area contributed by atoms with Crippen molar-refractivity contribution >= 4 is 21.8 Å². The highest BCUT2D eigenvalue weighted by Gasteiger charge is 2.59. The second kappa shape index (κ2) is 6.11. The highest BCUT2D eigenvalue weighted by molar-refractivity contribution is 7.94. The molecule has 1 rings (SSSR count). The van der Waals surface area contributed by atoms with Gasteiger partial charge in [0, 0.05) is 0 Å². The summed E-state index contributed by atoms with van der Waals surface area (Å²) in [6, 6.07) is 0. The summed E-state index contributed by atoms with van der Waals surface area (Å²) in [6.07, 6.45) is -0.0794. The molecule has 7 nitrogen and oxygen atoms in total. The number of carbonyl (C=O) groups excluding carboxylic acids is 1. The van der Waals surface area contributed by atoms with Crippen LogP contribution >= 0.6 is 0 Å². The summed E-state index contributed by atoms with van der Waals surface area (Å²) < 4.78 is 41.6. The average Bonchev–Trinajstić information content (AvgIpc) is 3.11. The molecule has 9 heteroatoms. The summed E-state index contributed by atoms with van der Waals surface area (Å²) in [5, 5.41) is -1.32. The maximum atomic E-state index is 13.8. The fourth-order valence-corrected chi connectivity index (χ4v) is 4.05. The number of carbonyl (C=O) groups is 1. The van der Waals surface area contributed by atoms with Gasteiger partial charge in [0.25, 0.3) is 0 Å². The van der Waals surface area contributed by atoms with Crippen LogP contribution in [0.2, 0.25) is 0 Å². The quantitative estimate of drug-likeness (QED) is 0.572. The van der Waals surface area contributed by atoms with Crippen LogP contribution in [0.25, 0.3) is 0 Å². The molecular formula is C13H24FN3O4S. The number of aliphatic imine (C=N–C) groups is 1. The Balaban J connectivity index is 3.27. The van der Waals surface area contributed by atoms with E-state index in [1.807, 2.05) is 0 Å². The third-order valence-electron chi connectivity index (χ3n) is 3.47. The Hall–Kier alpha value is -1.22. The van der Waals surface area contributed by atoms with Crippen molar-refractivity contribution in [1.82, 2.24) is 0 Å². The molecule has 1 fully saturated rings. The summed E-state index contributed by atoms with van der Waals surface area (Å²) >= 11 is 0. The van der Waals surface area contributed by atoms with Crippen LogP contribution in [0.1, 0.15) is 40.5 Å². The molecule has 22 heavy (non-hydrogen) atoms. The molecule has 1 aliphatic rings. The van der Waals surface area contributed by atoms with E-state index in [2.05, 4.69) is 4.99 Å². The number of halogens is 1. The summed E-state index contributed by atoms with van der Waals surface area (Å²) in [4.78, 5) is 15.2. The molecule has 0 saturated heterocycles. The lowest BCUT2D eigenvalue weighted by atomic mass is 10.0. The summed E-state index contributed by atoms with van der Waals surface area (Å²) in [5.41, 5.74) is 10.4. The molecule has 1 unspecified atom stereocenters. The maximum absolute atomic E-state index is 13.8. The van der Waals surface area contributed by atoms with Crippen LogP contribution in [-0.4, -0.2) is 42.7 Å². The Kier molecular flexibility index (Phi) is 5.23. The molecule has 0 aromatic rings. The first-order chi connectivity index (χ1) is 9.88. The number of sulfone groups is 1. The Morgan fingerprint density at radius 1 is 1.41 bits per heavy atom. The van der Waals surface area contributed by atoms with Gasteiger partial charge < -0.3 is 16.2 Å². The van der Waals surface area contributed by atoms with E-state index in [4.69, 9.17) is 16.2 Å². The zero-order valence-corrected chi connectivity index (χ0v) is 14.1. The molecule has 1 aliphatic carbocycles. The second-order valence-electron chi connectivity index (χ2n) is 6.52. The van der Waals surface area contributed by atoms with Crippen LogP contribution in [0.15, 0.2) is 4.99 Å². The van der Waals surface area contributed by atoms with Gasteiger partial charge in [-0.15, -0.1) is 0 Å². The monoisotopic (exact) mass is 337 g/mol. The van der Waals surface area contributed by atoms with Crippen molar-refractivity contribution in [2.45, 2.75) is 56.3 Å². The summed E-state index contributed by atoms with van der Waals surface area (Å²) in [7, 11) is -4.14. The molecule has 0 aliphatic heterocycles. The molecule has 128 valence electrons. The van der Waals surface area contributed by atoms with Gasteiger partial charge >= 0.3 is 6.09 Å². The van der Waals surface area contributed by atoms with E-state index in [1.54, 1.807) is 20.8 Å². The lowest BCUT2D eigenvalue weighted by molar-refractivity contribution is 0.0603. The molecular weight excluding hydrogens is 313 g/mol. The van der Waals surface area contributed by atoms with Crippen LogP contribution in [-0.2, 0) is 14.6 Å². The van der Waals surface area contributed by atoms with Crippen LogP contribution in [0, 0.1) is 5.92 Å². The minimum absolute atomic E-state index is 0.487. The minimum atomic E-state index is -4.14. The lowest BCUT2D eigenvalue weighted by Crippen LogP contribution is -2.58. The third-order valence-corrected chi connectivity index (χ3v) is 6.12. The van der Waals surface area contributed by atoms with Crippen molar-refractivity contribution in [3.05, 3.63) is 0 Å². The van der Waals surface area contributed by atoms with Crippen LogP contribution in [0.5, 0.6) is 0 Å². The second-order valence-corrected chi connectivity index (χ2v) is 9.09. The average molecular weight is 337 g/mol. The first-order valence-corrected chi connectivity index (χ1v) is 8.55. The third kappa shape index (κ3) is 3.57. The summed E-state index contributed by atoms with van der Waals surface area (Å²) in [5.74, 6) is -1.12. The molecule has 0 bridgehead atoms. The number of hydrogen-bond acceptors (Lipinski definition) is 5. The fraction of sp³-hybridized carbons (Fsp3) is 0.846. The van der Waals surface area contributed by atoms with E-state index in [1.165, 1.54) is 6.92 Å². The van der Waals surface area contributed by atoms with Crippen molar-refractivity contribution in [1.29, 1.82) is 0 Å². The molecule has 0 aromatic heterocycles. The molecule has 1 amide bonds. The maximum Gasteiger partial charge on any atom is 0.435 e. The van der Waals surface area contributed by atoms with Crippen LogP contribution < -0.4 is 11.5 Å². The Morgan fingerprint density at radius 2 is 1.91 bits per heavy atom. The minimum Gasteiger partial charge on any atom is -0.442 e. The zero-order chi connectivity index (χ0) is 17.3. The largest absolute Gasteiger partial charge is 0.442 e. The van der Waals surface area contributed by atoms with Gasteiger partial charge in [0.05, 0.1) is 0 Å². The predicted octanol–water partition coefficient (Wildman–Crippen LogP) is 1.12. The van der Waals surface area contributed by atoms with Crippen molar-refractivity contribution in [3.8, 4) is 0 Å². The first-order valence-electron chi connectivity index (χ1n) is 7.01. The van der Waals surface area contributed by atoms with Crippen molar-refractivity contribution in [2.75, 3.05) is 6.67 Å². The Bertz CT molecular complexity index is 564. The van der Waals surface area contributed by atoms with E-state index in [9.17, 15) is 17.6 Å². The molecule has 0 spiro atoms. The smallest absolute Gasteiger partial charge is 0.435 e. The number of hydrogen-bond donors (Lipinski definition) is 2. The van der Waals surface area contributed by atoms with E-state index < -0.39 is 50.1 Å². The van der Waals surface area contributed by atoms with E-state index >= 15 is 0 Å². The zero-order valence-electron chi connectivity index (χ0n) is 13.3. The Labute approximate surface area is 130 Å². The van der Waals surface area contributed by atoms with E-state index in [0.29, 0.717) is 12.8 Å². The number of rotatable bonds is 5. The lowest BCUT2D eigenvalue weighted by Gasteiger charge is -2.31. The van der Waals surface area contributed by atoms with Gasteiger partial charge in [0.1, 0.15) is 23.5 Å². The number of alkyl halides is 1. The highest BCUT2D eigenvalue weighted by atomic mass is 32.2. The number of amidine groups is 1. The predicted molar refractivity (Wildman–Crippen MR) is 81.9 cm³/mol. The first kappa shape index (κ1) is 18.8. The van der Waals surface area contributed by atoms with Gasteiger partial charge in [0.15, 0.2) is 14.6 Å². The number of nitrogens with zero attached hydrogens (tertiary/aromatic N) is 1. The highest BCUT2D eigenvalue weighted by Crippen LogP contribution is 2.46. The molecule has 1 saturated carbocycles. The van der Waals surface area contributed by atoms with Gasteiger partial charge in [-0.25, -0.2) is 17.6 Å². The topological polar surface area (TPSA) is 125 Å². The van der Waals surface area contributed by atoms with Crippen molar-refractivity contribution < 1.29 is 22.3 Å². The van der Waals surface area contributed by atoms with Gasteiger partial charge in [-0.3, -0.25) is 0 Å². The van der Waals surface area contributed by atoms with Crippen molar-refractivity contribution in [3.63, 3.8) is 0 Å².